The van der Waals surface area contributed by atoms with Crippen LogP contribution >= 0.6 is 0 Å². The summed E-state index contributed by atoms with van der Waals surface area (Å²) in [6.07, 6.45) is 0.970. The number of hydrogen-bond acceptors (Lipinski definition) is 4. The van der Waals surface area contributed by atoms with Crippen molar-refractivity contribution in [1.29, 1.82) is 0 Å². The zero-order valence-electron chi connectivity index (χ0n) is 17.0. The molecule has 0 radical (unpaired) electrons. The van der Waals surface area contributed by atoms with Gasteiger partial charge in [0.15, 0.2) is 0 Å². The predicted octanol–water partition coefficient (Wildman–Crippen LogP) is 3.08. The van der Waals surface area contributed by atoms with Gasteiger partial charge in [-0.1, -0.05) is 24.3 Å². The molecule has 0 aliphatic carbocycles. The van der Waals surface area contributed by atoms with E-state index < -0.39 is 0 Å². The number of amides is 1. The van der Waals surface area contributed by atoms with Gasteiger partial charge in [-0.05, 0) is 55.3 Å². The average molecular weight is 382 g/mol. The molecule has 3 rings (SSSR count). The third-order valence-corrected chi connectivity index (χ3v) is 5.20. The molecule has 1 amide bonds. The fourth-order valence-corrected chi connectivity index (χ4v) is 3.58. The number of ether oxygens (including phenoxy) is 1. The minimum absolute atomic E-state index is 0.00627. The number of carbonyl (C=O) groups is 1. The summed E-state index contributed by atoms with van der Waals surface area (Å²) in [6, 6.07) is 16.3. The number of carbonyl (C=O) groups excluding carboxylic acids is 1. The molecule has 5 heteroatoms. The van der Waals surface area contributed by atoms with E-state index in [0.29, 0.717) is 18.7 Å². The minimum Gasteiger partial charge on any atom is -0.380 e. The molecule has 2 aromatic carbocycles. The van der Waals surface area contributed by atoms with E-state index in [1.54, 1.807) is 7.11 Å². The van der Waals surface area contributed by atoms with Gasteiger partial charge < -0.3 is 15.0 Å². The SMILES string of the molecule is COCc1ccc(C(=O)NCCCN2CCN(c3cccc(C)c3)CC2)cc1. The topological polar surface area (TPSA) is 44.8 Å². The van der Waals surface area contributed by atoms with Gasteiger partial charge in [0.2, 0.25) is 0 Å². The lowest BCUT2D eigenvalue weighted by atomic mass is 10.1. The number of aryl methyl sites for hydroxylation is 1. The maximum absolute atomic E-state index is 12.2. The van der Waals surface area contributed by atoms with Gasteiger partial charge in [-0.25, -0.2) is 0 Å². The largest absolute Gasteiger partial charge is 0.380 e. The summed E-state index contributed by atoms with van der Waals surface area (Å²) >= 11 is 0. The van der Waals surface area contributed by atoms with E-state index in [2.05, 4.69) is 46.3 Å². The van der Waals surface area contributed by atoms with Gasteiger partial charge in [0.05, 0.1) is 6.61 Å². The number of piperazine rings is 1. The molecule has 0 saturated carbocycles. The fourth-order valence-electron chi connectivity index (χ4n) is 3.58. The van der Waals surface area contributed by atoms with Gasteiger partial charge >= 0.3 is 0 Å². The van der Waals surface area contributed by atoms with Crippen LogP contribution in [0, 0.1) is 6.92 Å². The fraction of sp³-hybridized carbons (Fsp3) is 0.435. The first kappa shape index (κ1) is 20.4. The summed E-state index contributed by atoms with van der Waals surface area (Å²) in [5.41, 5.74) is 4.41. The first-order chi connectivity index (χ1) is 13.7. The Morgan fingerprint density at radius 3 is 2.50 bits per heavy atom. The van der Waals surface area contributed by atoms with Crippen LogP contribution in [0.25, 0.3) is 0 Å². The minimum atomic E-state index is -0.00627. The Balaban J connectivity index is 1.34. The zero-order valence-corrected chi connectivity index (χ0v) is 17.0. The third kappa shape index (κ3) is 5.81. The van der Waals surface area contributed by atoms with Crippen LogP contribution in [0.4, 0.5) is 5.69 Å². The lowest BCUT2D eigenvalue weighted by molar-refractivity contribution is 0.0951. The smallest absolute Gasteiger partial charge is 0.251 e. The number of benzene rings is 2. The molecule has 0 atom stereocenters. The number of nitrogens with one attached hydrogen (secondary N) is 1. The quantitative estimate of drug-likeness (QED) is 0.714. The highest BCUT2D eigenvalue weighted by Crippen LogP contribution is 2.17. The number of hydrogen-bond donors (Lipinski definition) is 1. The van der Waals surface area contributed by atoms with Gasteiger partial charge in [-0.15, -0.1) is 0 Å². The Hall–Kier alpha value is -2.37. The molecule has 28 heavy (non-hydrogen) atoms. The lowest BCUT2D eigenvalue weighted by Crippen LogP contribution is -2.47. The molecule has 1 aliphatic heterocycles. The molecule has 1 saturated heterocycles. The van der Waals surface area contributed by atoms with E-state index in [9.17, 15) is 4.79 Å². The zero-order chi connectivity index (χ0) is 19.8. The van der Waals surface area contributed by atoms with Crippen LogP contribution in [0.2, 0.25) is 0 Å². The highest BCUT2D eigenvalue weighted by molar-refractivity contribution is 5.94. The molecule has 5 nitrogen and oxygen atoms in total. The first-order valence-corrected chi connectivity index (χ1v) is 10.1. The van der Waals surface area contributed by atoms with E-state index in [4.69, 9.17) is 4.74 Å². The maximum Gasteiger partial charge on any atom is 0.251 e. The van der Waals surface area contributed by atoms with E-state index in [1.807, 2.05) is 24.3 Å². The van der Waals surface area contributed by atoms with E-state index in [1.165, 1.54) is 11.3 Å². The second-order valence-electron chi connectivity index (χ2n) is 7.41. The number of nitrogens with zero attached hydrogens (tertiary/aromatic N) is 2. The standard InChI is InChI=1S/C23H31N3O2/c1-19-5-3-6-22(17-19)26-15-13-25(14-16-26)12-4-11-24-23(27)21-9-7-20(8-10-21)18-28-2/h3,5-10,17H,4,11-16,18H2,1-2H3,(H,24,27). The van der Waals surface area contributed by atoms with Crippen molar-refractivity contribution in [3.05, 3.63) is 65.2 Å². The molecule has 0 aromatic heterocycles. The van der Waals surface area contributed by atoms with Crippen LogP contribution in [0.5, 0.6) is 0 Å². The number of anilines is 1. The van der Waals surface area contributed by atoms with Crippen LogP contribution in [0.15, 0.2) is 48.5 Å². The predicted molar refractivity (Wildman–Crippen MR) is 114 cm³/mol. The summed E-state index contributed by atoms with van der Waals surface area (Å²) in [5, 5.41) is 3.02. The maximum atomic E-state index is 12.2. The molecule has 0 unspecified atom stereocenters. The molecule has 1 heterocycles. The summed E-state index contributed by atoms with van der Waals surface area (Å²) in [6.45, 7) is 8.70. The van der Waals surface area contributed by atoms with E-state index >= 15 is 0 Å². The second-order valence-corrected chi connectivity index (χ2v) is 7.41. The van der Waals surface area contributed by atoms with Gasteiger partial charge in [-0.3, -0.25) is 9.69 Å². The molecule has 0 bridgehead atoms. The Labute approximate surface area is 168 Å². The summed E-state index contributed by atoms with van der Waals surface area (Å²) < 4.78 is 5.09. The first-order valence-electron chi connectivity index (χ1n) is 10.1. The lowest BCUT2D eigenvalue weighted by Gasteiger charge is -2.36. The number of rotatable bonds is 8. The third-order valence-electron chi connectivity index (χ3n) is 5.20. The van der Waals surface area contributed by atoms with Crippen molar-refractivity contribution >= 4 is 11.6 Å². The Morgan fingerprint density at radius 2 is 1.82 bits per heavy atom. The van der Waals surface area contributed by atoms with Crippen LogP contribution in [0.3, 0.4) is 0 Å². The van der Waals surface area contributed by atoms with Gasteiger partial charge in [0.1, 0.15) is 0 Å². The molecule has 2 aromatic rings. The molecular formula is C23H31N3O2. The van der Waals surface area contributed by atoms with Crippen molar-refractivity contribution < 1.29 is 9.53 Å². The molecule has 150 valence electrons. The molecule has 1 fully saturated rings. The van der Waals surface area contributed by atoms with E-state index in [0.717, 1.165) is 44.7 Å². The monoisotopic (exact) mass is 381 g/mol. The Bertz CT molecular complexity index is 753. The number of methoxy groups -OCH3 is 1. The van der Waals surface area contributed by atoms with Crippen molar-refractivity contribution in [2.75, 3.05) is 51.3 Å². The average Bonchev–Trinajstić information content (AvgIpc) is 2.72. The van der Waals surface area contributed by atoms with Gasteiger partial charge in [-0.2, -0.15) is 0 Å². The van der Waals surface area contributed by atoms with Crippen molar-refractivity contribution in [1.82, 2.24) is 10.2 Å². The summed E-state index contributed by atoms with van der Waals surface area (Å²) in [7, 11) is 1.67. The summed E-state index contributed by atoms with van der Waals surface area (Å²) in [5.74, 6) is -0.00627. The van der Waals surface area contributed by atoms with Crippen molar-refractivity contribution in [3.63, 3.8) is 0 Å². The van der Waals surface area contributed by atoms with Gasteiger partial charge in [0.25, 0.3) is 5.91 Å². The van der Waals surface area contributed by atoms with Gasteiger partial charge in [0, 0.05) is 51.1 Å². The highest BCUT2D eigenvalue weighted by atomic mass is 16.5. The molecule has 0 spiro atoms. The normalized spacial score (nSPS) is 14.9. The second kappa shape index (κ2) is 10.2. The highest BCUT2D eigenvalue weighted by Gasteiger charge is 2.16. The summed E-state index contributed by atoms with van der Waals surface area (Å²) in [4.78, 5) is 17.2. The van der Waals surface area contributed by atoms with Crippen LogP contribution in [-0.2, 0) is 11.3 Å². The molecular weight excluding hydrogens is 350 g/mol. The van der Waals surface area contributed by atoms with Crippen molar-refractivity contribution in [3.8, 4) is 0 Å². The van der Waals surface area contributed by atoms with Crippen LogP contribution < -0.4 is 10.2 Å². The van der Waals surface area contributed by atoms with Crippen molar-refractivity contribution in [2.45, 2.75) is 20.0 Å². The van der Waals surface area contributed by atoms with Crippen molar-refractivity contribution in [2.24, 2.45) is 0 Å². The molecule has 1 N–H and O–H groups in total. The van der Waals surface area contributed by atoms with E-state index in [-0.39, 0.29) is 5.91 Å². The Kier molecular flexibility index (Phi) is 7.46. The van der Waals surface area contributed by atoms with Crippen LogP contribution in [-0.4, -0.2) is 57.2 Å². The molecule has 1 aliphatic rings. The van der Waals surface area contributed by atoms with Crippen LogP contribution in [0.1, 0.15) is 27.9 Å². The Morgan fingerprint density at radius 1 is 1.07 bits per heavy atom.